The van der Waals surface area contributed by atoms with E-state index in [9.17, 15) is 21.6 Å². The molecule has 8 nitrogen and oxygen atoms in total. The van der Waals surface area contributed by atoms with Gasteiger partial charge in [0.05, 0.1) is 4.90 Å². The monoisotopic (exact) mass is 529 g/mol. The number of nitrogens with one attached hydrogen (secondary N) is 3. The highest BCUT2D eigenvalue weighted by atomic mass is 32.2. The van der Waals surface area contributed by atoms with Gasteiger partial charge in [-0.15, -0.1) is 13.2 Å². The van der Waals surface area contributed by atoms with Gasteiger partial charge in [0.15, 0.2) is 0 Å². The molecule has 3 N–H and O–H groups in total. The Labute approximate surface area is 211 Å². The lowest BCUT2D eigenvalue weighted by atomic mass is 10.2. The Morgan fingerprint density at radius 1 is 0.730 bits per heavy atom. The third-order valence-electron chi connectivity index (χ3n) is 4.94. The van der Waals surface area contributed by atoms with E-state index in [2.05, 4.69) is 30.1 Å². The molecule has 0 aliphatic heterocycles. The summed E-state index contributed by atoms with van der Waals surface area (Å²) in [5, 5.41) is 6.38. The van der Waals surface area contributed by atoms with Crippen molar-refractivity contribution >= 4 is 38.7 Å². The molecule has 0 fully saturated rings. The highest BCUT2D eigenvalue weighted by Crippen LogP contribution is 2.26. The lowest BCUT2D eigenvalue weighted by Crippen LogP contribution is -2.17. The minimum absolute atomic E-state index is 0.214. The molecule has 3 aromatic carbocycles. The number of aryl methyl sites for hydroxylation is 2. The standard InChI is InChI=1S/C25H22F3N5O3S/c1-16-3-5-18(6-4-16)31-23-15-24(30-17(2)29-23)32-19-7-9-20(10-8-19)33-37(34,35)22-13-11-21(12-14-22)36-25(26,27)28/h3-15,33H,1-2H3,(H2,29,30,31,32). The van der Waals surface area contributed by atoms with E-state index in [1.807, 2.05) is 31.2 Å². The number of sulfonamides is 1. The summed E-state index contributed by atoms with van der Waals surface area (Å²) < 4.78 is 68.3. The zero-order valence-corrected chi connectivity index (χ0v) is 20.5. The highest BCUT2D eigenvalue weighted by molar-refractivity contribution is 7.92. The first-order chi connectivity index (χ1) is 17.4. The summed E-state index contributed by atoms with van der Waals surface area (Å²) in [5.74, 6) is 1.18. The molecule has 0 unspecified atom stereocenters. The van der Waals surface area contributed by atoms with Gasteiger partial charge in [0.2, 0.25) is 0 Å². The van der Waals surface area contributed by atoms with Gasteiger partial charge in [0, 0.05) is 23.1 Å². The fraction of sp³-hybridized carbons (Fsp3) is 0.120. The molecule has 0 saturated heterocycles. The van der Waals surface area contributed by atoms with Crippen molar-refractivity contribution in [3.8, 4) is 5.75 Å². The van der Waals surface area contributed by atoms with Gasteiger partial charge < -0.3 is 15.4 Å². The summed E-state index contributed by atoms with van der Waals surface area (Å²) >= 11 is 0. The largest absolute Gasteiger partial charge is 0.573 e. The Kier molecular flexibility index (Phi) is 7.21. The van der Waals surface area contributed by atoms with Crippen LogP contribution >= 0.6 is 0 Å². The number of anilines is 5. The molecule has 0 atom stereocenters. The van der Waals surface area contributed by atoms with Crippen LogP contribution in [0.25, 0.3) is 0 Å². The van der Waals surface area contributed by atoms with Crippen LogP contribution < -0.4 is 20.1 Å². The van der Waals surface area contributed by atoms with Crippen LogP contribution in [0, 0.1) is 13.8 Å². The van der Waals surface area contributed by atoms with Crippen LogP contribution in [0.15, 0.2) is 83.8 Å². The van der Waals surface area contributed by atoms with E-state index in [0.717, 1.165) is 35.5 Å². The van der Waals surface area contributed by atoms with Crippen LogP contribution in [0.2, 0.25) is 0 Å². The van der Waals surface area contributed by atoms with Gasteiger partial charge in [-0.05, 0) is 74.5 Å². The number of hydrogen-bond donors (Lipinski definition) is 3. The van der Waals surface area contributed by atoms with E-state index < -0.39 is 22.1 Å². The molecule has 4 aromatic rings. The smallest absolute Gasteiger partial charge is 0.406 e. The van der Waals surface area contributed by atoms with Gasteiger partial charge in [0.1, 0.15) is 23.2 Å². The van der Waals surface area contributed by atoms with Crippen LogP contribution in [0.5, 0.6) is 5.75 Å². The molecule has 0 bridgehead atoms. The predicted octanol–water partition coefficient (Wildman–Crippen LogP) is 6.28. The fourth-order valence-electron chi connectivity index (χ4n) is 3.28. The van der Waals surface area contributed by atoms with Crippen molar-refractivity contribution in [3.63, 3.8) is 0 Å². The van der Waals surface area contributed by atoms with Crippen molar-refractivity contribution in [1.29, 1.82) is 0 Å². The molecule has 1 aromatic heterocycles. The van der Waals surface area contributed by atoms with Crippen molar-refractivity contribution in [1.82, 2.24) is 9.97 Å². The molecule has 192 valence electrons. The maximum Gasteiger partial charge on any atom is 0.573 e. The molecule has 1 heterocycles. The van der Waals surface area contributed by atoms with Crippen LogP contribution in [0.4, 0.5) is 41.9 Å². The van der Waals surface area contributed by atoms with Gasteiger partial charge in [-0.1, -0.05) is 17.7 Å². The van der Waals surface area contributed by atoms with E-state index in [1.165, 1.54) is 0 Å². The first-order valence-electron chi connectivity index (χ1n) is 10.9. The molecule has 12 heteroatoms. The molecular formula is C25H22F3N5O3S. The normalized spacial score (nSPS) is 11.6. The second-order valence-corrected chi connectivity index (χ2v) is 9.69. The average molecular weight is 530 g/mol. The van der Waals surface area contributed by atoms with Crippen molar-refractivity contribution < 1.29 is 26.3 Å². The Hall–Kier alpha value is -4.32. The lowest BCUT2D eigenvalue weighted by molar-refractivity contribution is -0.274. The topological polar surface area (TPSA) is 105 Å². The zero-order valence-electron chi connectivity index (χ0n) is 19.7. The number of nitrogens with zero attached hydrogens (tertiary/aromatic N) is 2. The molecule has 37 heavy (non-hydrogen) atoms. The Morgan fingerprint density at radius 2 is 1.22 bits per heavy atom. The third-order valence-corrected chi connectivity index (χ3v) is 6.34. The summed E-state index contributed by atoms with van der Waals surface area (Å²) in [6, 6.07) is 19.9. The Bertz CT molecular complexity index is 1480. The van der Waals surface area contributed by atoms with Crippen molar-refractivity contribution in [2.24, 2.45) is 0 Å². The van der Waals surface area contributed by atoms with Crippen molar-refractivity contribution in [3.05, 3.63) is 90.3 Å². The number of aromatic nitrogens is 2. The summed E-state index contributed by atoms with van der Waals surface area (Å²) in [6.45, 7) is 3.77. The maximum atomic E-state index is 12.6. The van der Waals surface area contributed by atoms with Crippen LogP contribution in [0.1, 0.15) is 11.4 Å². The number of benzene rings is 3. The number of ether oxygens (including phenoxy) is 1. The van der Waals surface area contributed by atoms with Crippen molar-refractivity contribution in [2.45, 2.75) is 25.1 Å². The molecule has 4 rings (SSSR count). The maximum absolute atomic E-state index is 12.6. The second-order valence-electron chi connectivity index (χ2n) is 8.00. The number of halogens is 3. The van der Waals surface area contributed by atoms with Gasteiger partial charge in [-0.3, -0.25) is 4.72 Å². The average Bonchev–Trinajstić information content (AvgIpc) is 2.81. The van der Waals surface area contributed by atoms with Gasteiger partial charge in [-0.2, -0.15) is 0 Å². The lowest BCUT2D eigenvalue weighted by Gasteiger charge is -2.12. The fourth-order valence-corrected chi connectivity index (χ4v) is 4.34. The van der Waals surface area contributed by atoms with E-state index in [1.54, 1.807) is 37.3 Å². The minimum Gasteiger partial charge on any atom is -0.406 e. The molecule has 0 amide bonds. The molecule has 0 radical (unpaired) electrons. The number of rotatable bonds is 8. The summed E-state index contributed by atoms with van der Waals surface area (Å²) in [4.78, 5) is 8.56. The summed E-state index contributed by atoms with van der Waals surface area (Å²) in [6.07, 6.45) is -4.86. The van der Waals surface area contributed by atoms with Crippen LogP contribution in [-0.2, 0) is 10.0 Å². The first kappa shape index (κ1) is 25.8. The zero-order chi connectivity index (χ0) is 26.6. The van der Waals surface area contributed by atoms with E-state index >= 15 is 0 Å². The van der Waals surface area contributed by atoms with Crippen LogP contribution in [0.3, 0.4) is 0 Å². The molecule has 0 saturated carbocycles. The van der Waals surface area contributed by atoms with E-state index in [0.29, 0.717) is 23.1 Å². The third kappa shape index (κ3) is 7.34. The molecule has 0 aliphatic carbocycles. The highest BCUT2D eigenvalue weighted by Gasteiger charge is 2.31. The summed E-state index contributed by atoms with van der Waals surface area (Å²) in [7, 11) is -4.03. The molecular weight excluding hydrogens is 507 g/mol. The SMILES string of the molecule is Cc1ccc(Nc2cc(Nc3ccc(NS(=O)(=O)c4ccc(OC(F)(F)F)cc4)cc3)nc(C)n2)cc1. The van der Waals surface area contributed by atoms with E-state index in [4.69, 9.17) is 0 Å². The van der Waals surface area contributed by atoms with Gasteiger partial charge in [0.25, 0.3) is 10.0 Å². The first-order valence-corrected chi connectivity index (χ1v) is 12.4. The second kappa shape index (κ2) is 10.3. The number of hydrogen-bond acceptors (Lipinski definition) is 7. The Morgan fingerprint density at radius 3 is 1.73 bits per heavy atom. The number of alkyl halides is 3. The van der Waals surface area contributed by atoms with Crippen LogP contribution in [-0.4, -0.2) is 24.7 Å². The predicted molar refractivity (Wildman–Crippen MR) is 135 cm³/mol. The van der Waals surface area contributed by atoms with Crippen molar-refractivity contribution in [2.75, 3.05) is 15.4 Å². The minimum atomic E-state index is -4.86. The van der Waals surface area contributed by atoms with Gasteiger partial charge >= 0.3 is 6.36 Å². The van der Waals surface area contributed by atoms with Gasteiger partial charge in [-0.25, -0.2) is 18.4 Å². The summed E-state index contributed by atoms with van der Waals surface area (Å²) in [5.41, 5.74) is 2.94. The Balaban J connectivity index is 1.42. The quantitative estimate of drug-likeness (QED) is 0.247. The van der Waals surface area contributed by atoms with E-state index in [-0.39, 0.29) is 10.6 Å². The molecule has 0 spiro atoms. The molecule has 0 aliphatic rings.